The zero-order chi connectivity index (χ0) is 12.4. The first-order chi connectivity index (χ1) is 8.84. The summed E-state index contributed by atoms with van der Waals surface area (Å²) in [5, 5.41) is 14.3. The Labute approximate surface area is 105 Å². The van der Waals surface area contributed by atoms with Gasteiger partial charge in [-0.3, -0.25) is 4.98 Å². The van der Waals surface area contributed by atoms with Gasteiger partial charge in [-0.25, -0.2) is 5.43 Å². The normalized spacial score (nSPS) is 18.7. The monoisotopic (exact) mass is 240 g/mol. The van der Waals surface area contributed by atoms with Crippen LogP contribution >= 0.6 is 0 Å². The van der Waals surface area contributed by atoms with Crippen molar-refractivity contribution in [1.82, 2.24) is 4.98 Å². The van der Waals surface area contributed by atoms with Crippen molar-refractivity contribution in [3.8, 4) is 5.75 Å². The molecule has 0 radical (unpaired) electrons. The Morgan fingerprint density at radius 3 is 2.83 bits per heavy atom. The van der Waals surface area contributed by atoms with Crippen LogP contribution in [0.1, 0.15) is 23.6 Å². The number of rotatable bonds is 2. The van der Waals surface area contributed by atoms with Crippen LogP contribution < -0.4 is 5.43 Å². The minimum absolute atomic E-state index is 0.154. The number of phenolic OH excluding ortho intramolecular Hbond substituents is 1. The van der Waals surface area contributed by atoms with Gasteiger partial charge >= 0.3 is 0 Å². The number of nitrogens with two attached hydrogens (primary N) is 1. The number of phenols is 1. The summed E-state index contributed by atoms with van der Waals surface area (Å²) in [6.45, 7) is 0. The molecule has 3 rings (SSSR count). The van der Waals surface area contributed by atoms with Crippen LogP contribution in [0.2, 0.25) is 0 Å². The Bertz CT molecular complexity index is 581. The van der Waals surface area contributed by atoms with E-state index < -0.39 is 0 Å². The Kier molecular flexibility index (Phi) is 2.78. The lowest BCUT2D eigenvalue weighted by Gasteiger charge is -2.07. The number of aromatic nitrogens is 1. The fraction of sp³-hybridized carbons (Fsp3) is 0.143. The van der Waals surface area contributed by atoms with Crippen LogP contribution in [0.4, 0.5) is 0 Å². The molecule has 4 nitrogen and oxygen atoms in total. The predicted octanol–water partition coefficient (Wildman–Crippen LogP) is 1.20. The van der Waals surface area contributed by atoms with Crippen molar-refractivity contribution < 1.29 is 10.5 Å². The first kappa shape index (κ1) is 10.9. The number of nitrogens with zero attached hydrogens (tertiary/aromatic N) is 2. The molecule has 1 aliphatic rings. The van der Waals surface area contributed by atoms with Crippen LogP contribution in [0, 0.1) is 0 Å². The SMILES string of the molecule is Oc1ccccc1C1CC(c2cccnc2)=N[NH2+]1. The molecular formula is C14H14N3O+. The molecule has 4 heteroatoms. The van der Waals surface area contributed by atoms with Crippen molar-refractivity contribution in [2.75, 3.05) is 0 Å². The number of benzene rings is 1. The molecule has 18 heavy (non-hydrogen) atoms. The maximum Gasteiger partial charge on any atom is 0.145 e. The second-order valence-electron chi connectivity index (χ2n) is 4.34. The zero-order valence-corrected chi connectivity index (χ0v) is 9.82. The van der Waals surface area contributed by atoms with E-state index in [1.54, 1.807) is 12.3 Å². The van der Waals surface area contributed by atoms with E-state index in [0.717, 1.165) is 23.3 Å². The van der Waals surface area contributed by atoms with Gasteiger partial charge in [-0.2, -0.15) is 0 Å². The van der Waals surface area contributed by atoms with Gasteiger partial charge in [0.1, 0.15) is 17.5 Å². The molecule has 1 aliphatic heterocycles. The van der Waals surface area contributed by atoms with E-state index in [1.807, 2.05) is 42.0 Å². The third kappa shape index (κ3) is 1.98. The largest absolute Gasteiger partial charge is 0.507 e. The summed E-state index contributed by atoms with van der Waals surface area (Å²) in [5.41, 5.74) is 4.90. The first-order valence-corrected chi connectivity index (χ1v) is 5.93. The Morgan fingerprint density at radius 2 is 2.06 bits per heavy atom. The Morgan fingerprint density at radius 1 is 1.17 bits per heavy atom. The summed E-state index contributed by atoms with van der Waals surface area (Å²) in [5.74, 6) is 0.335. The average Bonchev–Trinajstić information content (AvgIpc) is 2.90. The molecule has 0 fully saturated rings. The molecule has 0 saturated carbocycles. The fourth-order valence-electron chi connectivity index (χ4n) is 2.21. The van der Waals surface area contributed by atoms with E-state index in [1.165, 1.54) is 0 Å². The highest BCUT2D eigenvalue weighted by molar-refractivity contribution is 6.00. The van der Waals surface area contributed by atoms with Crippen molar-refractivity contribution >= 4 is 5.71 Å². The third-order valence-electron chi connectivity index (χ3n) is 3.15. The summed E-state index contributed by atoms with van der Waals surface area (Å²) in [4.78, 5) is 4.10. The molecule has 1 atom stereocenters. The van der Waals surface area contributed by atoms with Crippen LogP contribution in [0.3, 0.4) is 0 Å². The highest BCUT2D eigenvalue weighted by Crippen LogP contribution is 2.26. The summed E-state index contributed by atoms with van der Waals surface area (Å²) in [6.07, 6.45) is 4.38. The number of quaternary nitrogens is 1. The fourth-order valence-corrected chi connectivity index (χ4v) is 2.21. The molecule has 0 saturated heterocycles. The summed E-state index contributed by atoms with van der Waals surface area (Å²) in [6, 6.07) is 11.5. The topological polar surface area (TPSA) is 62.1 Å². The van der Waals surface area contributed by atoms with Gasteiger partial charge in [0, 0.05) is 18.0 Å². The highest BCUT2D eigenvalue weighted by Gasteiger charge is 2.27. The lowest BCUT2D eigenvalue weighted by molar-refractivity contribution is -0.693. The average molecular weight is 240 g/mol. The van der Waals surface area contributed by atoms with E-state index in [0.29, 0.717) is 5.75 Å². The van der Waals surface area contributed by atoms with Crippen molar-refractivity contribution in [3.05, 3.63) is 59.9 Å². The number of aromatic hydroxyl groups is 1. The predicted molar refractivity (Wildman–Crippen MR) is 68.2 cm³/mol. The van der Waals surface area contributed by atoms with E-state index in [9.17, 15) is 5.11 Å². The maximum absolute atomic E-state index is 9.84. The number of para-hydroxylation sites is 1. The van der Waals surface area contributed by atoms with Gasteiger partial charge in [-0.05, 0) is 24.3 Å². The van der Waals surface area contributed by atoms with Crippen molar-refractivity contribution in [2.24, 2.45) is 5.10 Å². The molecule has 1 aromatic heterocycles. The quantitative estimate of drug-likeness (QED) is 0.775. The molecule has 0 aliphatic carbocycles. The number of hydrogen-bond donors (Lipinski definition) is 2. The van der Waals surface area contributed by atoms with Gasteiger partial charge in [0.25, 0.3) is 0 Å². The molecular weight excluding hydrogens is 226 g/mol. The summed E-state index contributed by atoms with van der Waals surface area (Å²) in [7, 11) is 0. The lowest BCUT2D eigenvalue weighted by Crippen LogP contribution is -2.76. The van der Waals surface area contributed by atoms with Crippen LogP contribution in [0.5, 0.6) is 5.75 Å². The van der Waals surface area contributed by atoms with Crippen LogP contribution in [0.15, 0.2) is 53.9 Å². The summed E-state index contributed by atoms with van der Waals surface area (Å²) < 4.78 is 0. The van der Waals surface area contributed by atoms with Gasteiger partial charge in [-0.15, -0.1) is 0 Å². The van der Waals surface area contributed by atoms with Crippen molar-refractivity contribution in [3.63, 3.8) is 0 Å². The second-order valence-corrected chi connectivity index (χ2v) is 4.34. The van der Waals surface area contributed by atoms with Crippen molar-refractivity contribution in [2.45, 2.75) is 12.5 Å². The lowest BCUT2D eigenvalue weighted by atomic mass is 9.99. The smallest absolute Gasteiger partial charge is 0.145 e. The highest BCUT2D eigenvalue weighted by atomic mass is 16.3. The molecule has 1 aromatic carbocycles. The van der Waals surface area contributed by atoms with Gasteiger partial charge in [-0.1, -0.05) is 17.2 Å². The van der Waals surface area contributed by atoms with Gasteiger partial charge in [0.05, 0.1) is 12.0 Å². The van der Waals surface area contributed by atoms with Gasteiger partial charge < -0.3 is 5.11 Å². The second kappa shape index (κ2) is 4.58. The van der Waals surface area contributed by atoms with Gasteiger partial charge in [0.2, 0.25) is 0 Å². The molecule has 1 unspecified atom stereocenters. The molecule has 2 aromatic rings. The van der Waals surface area contributed by atoms with Gasteiger partial charge in [0.15, 0.2) is 0 Å². The minimum atomic E-state index is 0.154. The molecule has 3 N–H and O–H groups in total. The van der Waals surface area contributed by atoms with E-state index in [4.69, 9.17) is 0 Å². The van der Waals surface area contributed by atoms with Crippen molar-refractivity contribution in [1.29, 1.82) is 0 Å². The Hall–Kier alpha value is -2.20. The van der Waals surface area contributed by atoms with Crippen LogP contribution in [0.25, 0.3) is 0 Å². The third-order valence-corrected chi connectivity index (χ3v) is 3.15. The zero-order valence-electron chi connectivity index (χ0n) is 9.82. The van der Waals surface area contributed by atoms with Crippen LogP contribution in [-0.2, 0) is 0 Å². The number of pyridine rings is 1. The molecule has 0 bridgehead atoms. The van der Waals surface area contributed by atoms with Crippen LogP contribution in [-0.4, -0.2) is 15.8 Å². The number of hydrogen-bond acceptors (Lipinski definition) is 3. The van der Waals surface area contributed by atoms with E-state index >= 15 is 0 Å². The maximum atomic E-state index is 9.84. The molecule has 90 valence electrons. The molecule has 2 heterocycles. The standard InChI is InChI=1S/C14H13N3O/c18-14-6-2-1-5-11(14)13-8-12(16-17-13)10-4-3-7-15-9-10/h1-7,9,13,17-18H,8H2/p+1. The van der Waals surface area contributed by atoms with E-state index in [-0.39, 0.29) is 6.04 Å². The molecule has 0 amide bonds. The minimum Gasteiger partial charge on any atom is -0.507 e. The Balaban J connectivity index is 1.81. The van der Waals surface area contributed by atoms with E-state index in [2.05, 4.69) is 10.1 Å². The first-order valence-electron chi connectivity index (χ1n) is 5.93. The summed E-state index contributed by atoms with van der Waals surface area (Å²) >= 11 is 0. The molecule has 0 spiro atoms.